The first kappa shape index (κ1) is 25.4. The van der Waals surface area contributed by atoms with Gasteiger partial charge in [0.1, 0.15) is 0 Å². The molecule has 0 aromatic heterocycles. The maximum Gasteiger partial charge on any atom is 0.0129 e. The Kier molecular flexibility index (Phi) is 8.69. The van der Waals surface area contributed by atoms with Gasteiger partial charge in [-0.2, -0.15) is 0 Å². The summed E-state index contributed by atoms with van der Waals surface area (Å²) >= 11 is 0. The summed E-state index contributed by atoms with van der Waals surface area (Å²) in [5.41, 5.74) is 8.50. The fourth-order valence-electron chi connectivity index (χ4n) is 5.91. The maximum atomic E-state index is 2.35. The number of rotatable bonds is 5. The molecule has 2 heterocycles. The summed E-state index contributed by atoms with van der Waals surface area (Å²) in [4.78, 5) is 0. The average Bonchev–Trinajstić information content (AvgIpc) is 3.65. The van der Waals surface area contributed by atoms with Crippen LogP contribution in [0.3, 0.4) is 0 Å². The van der Waals surface area contributed by atoms with Gasteiger partial charge in [-0.1, -0.05) is 128 Å². The highest BCUT2D eigenvalue weighted by molar-refractivity contribution is 7.40. The van der Waals surface area contributed by atoms with Gasteiger partial charge in [-0.05, 0) is 54.4 Å². The molecule has 0 bridgehead atoms. The van der Waals surface area contributed by atoms with E-state index in [1.165, 1.54) is 48.8 Å². The Morgan fingerprint density at radius 3 is 1.42 bits per heavy atom. The number of hydrogen-bond acceptors (Lipinski definition) is 0. The fraction of sp³-hybridized carbons (Fsp3) is 0.294. The minimum absolute atomic E-state index is 0.432. The molecule has 2 saturated heterocycles. The minimum atomic E-state index is 0.432. The third-order valence-corrected chi connectivity index (χ3v) is 12.5. The Hall–Kier alpha value is -2.26. The van der Waals surface area contributed by atoms with E-state index in [2.05, 4.69) is 128 Å². The molecule has 5 atom stereocenters. The van der Waals surface area contributed by atoms with Gasteiger partial charge in [0.2, 0.25) is 0 Å². The number of benzene rings is 4. The molecule has 0 radical (unpaired) electrons. The molecule has 2 heteroatoms. The van der Waals surface area contributed by atoms with Crippen LogP contribution < -0.4 is 0 Å². The lowest BCUT2D eigenvalue weighted by Gasteiger charge is -2.29. The van der Waals surface area contributed by atoms with Crippen molar-refractivity contribution in [1.82, 2.24) is 0 Å². The quantitative estimate of drug-likeness (QED) is 0.235. The van der Waals surface area contributed by atoms with Gasteiger partial charge in [0.15, 0.2) is 0 Å². The Labute approximate surface area is 221 Å². The predicted octanol–water partition coefficient (Wildman–Crippen LogP) is 10.4. The van der Waals surface area contributed by atoms with Crippen LogP contribution >= 0.6 is 17.2 Å². The molecule has 0 amide bonds. The third kappa shape index (κ3) is 5.99. The zero-order chi connectivity index (χ0) is 24.6. The lowest BCUT2D eigenvalue weighted by molar-refractivity contribution is 0.557. The molecule has 0 aliphatic carbocycles. The van der Waals surface area contributed by atoms with Crippen LogP contribution in [0.2, 0.25) is 0 Å². The lowest BCUT2D eigenvalue weighted by atomic mass is 9.90. The second kappa shape index (κ2) is 12.3. The zero-order valence-corrected chi connectivity index (χ0v) is 23.3. The van der Waals surface area contributed by atoms with Gasteiger partial charge < -0.3 is 0 Å². The molecular weight excluding hydrogens is 470 g/mol. The molecule has 184 valence electrons. The first-order valence-corrected chi connectivity index (χ1v) is 15.7. The molecule has 0 nitrogen and oxygen atoms in total. The lowest BCUT2D eigenvalue weighted by Crippen LogP contribution is -2.15. The average molecular weight is 509 g/mol. The molecule has 4 aromatic rings. The Morgan fingerprint density at radius 2 is 0.972 bits per heavy atom. The molecule has 2 aliphatic heterocycles. The number of hydrogen-bond donors (Lipinski definition) is 0. The molecule has 6 rings (SSSR count). The van der Waals surface area contributed by atoms with Crippen LogP contribution in [-0.2, 0) is 5.16 Å². The summed E-state index contributed by atoms with van der Waals surface area (Å²) in [6.07, 6.45) is 6.64. The monoisotopic (exact) mass is 508 g/mol. The summed E-state index contributed by atoms with van der Waals surface area (Å²) in [5, 5.41) is 0.432. The SMILES string of the molecule is CCC1(c2ccccc2)CCC(c2ccccc2)P1.c1ccc(C2CCC(c3ccccc3)P2)cc1. The van der Waals surface area contributed by atoms with Crippen molar-refractivity contribution in [3.8, 4) is 0 Å². The summed E-state index contributed by atoms with van der Waals surface area (Å²) in [6.45, 7) is 2.35. The van der Waals surface area contributed by atoms with E-state index in [9.17, 15) is 0 Å². The molecular formula is C34H38P2. The van der Waals surface area contributed by atoms with Gasteiger partial charge in [0.05, 0.1) is 0 Å². The van der Waals surface area contributed by atoms with E-state index in [4.69, 9.17) is 0 Å². The molecule has 0 spiro atoms. The molecule has 2 fully saturated rings. The van der Waals surface area contributed by atoms with Crippen LogP contribution in [0, 0.1) is 0 Å². The van der Waals surface area contributed by atoms with Crippen molar-refractivity contribution >= 4 is 17.2 Å². The normalized spacial score (nSPS) is 26.5. The van der Waals surface area contributed by atoms with Crippen LogP contribution in [0.5, 0.6) is 0 Å². The van der Waals surface area contributed by atoms with Crippen LogP contribution in [0.1, 0.15) is 78.3 Å². The molecule has 36 heavy (non-hydrogen) atoms. The maximum absolute atomic E-state index is 2.35. The second-order valence-electron chi connectivity index (χ2n) is 10.1. The highest BCUT2D eigenvalue weighted by Gasteiger charge is 2.39. The summed E-state index contributed by atoms with van der Waals surface area (Å²) in [6, 6.07) is 44.2. The van der Waals surface area contributed by atoms with E-state index < -0.39 is 0 Å². The first-order chi connectivity index (χ1) is 17.8. The summed E-state index contributed by atoms with van der Waals surface area (Å²) in [7, 11) is 2.06. The smallest absolute Gasteiger partial charge is 0.0129 e. The van der Waals surface area contributed by atoms with E-state index >= 15 is 0 Å². The van der Waals surface area contributed by atoms with Crippen LogP contribution in [-0.4, -0.2) is 0 Å². The second-order valence-corrected chi connectivity index (χ2v) is 13.8. The van der Waals surface area contributed by atoms with Crippen molar-refractivity contribution in [2.24, 2.45) is 0 Å². The Morgan fingerprint density at radius 1 is 0.556 bits per heavy atom. The van der Waals surface area contributed by atoms with Crippen molar-refractivity contribution in [2.75, 3.05) is 0 Å². The van der Waals surface area contributed by atoms with Crippen molar-refractivity contribution < 1.29 is 0 Å². The predicted molar refractivity (Wildman–Crippen MR) is 161 cm³/mol. The summed E-state index contributed by atoms with van der Waals surface area (Å²) < 4.78 is 0. The van der Waals surface area contributed by atoms with Gasteiger partial charge in [0, 0.05) is 22.1 Å². The highest BCUT2D eigenvalue weighted by Crippen LogP contribution is 2.63. The third-order valence-electron chi connectivity index (χ3n) is 7.99. The van der Waals surface area contributed by atoms with Crippen LogP contribution in [0.15, 0.2) is 121 Å². The van der Waals surface area contributed by atoms with Crippen LogP contribution in [0.4, 0.5) is 0 Å². The van der Waals surface area contributed by atoms with E-state index in [1.807, 2.05) is 0 Å². The van der Waals surface area contributed by atoms with Crippen molar-refractivity contribution in [3.05, 3.63) is 144 Å². The van der Waals surface area contributed by atoms with E-state index in [0.717, 1.165) is 34.1 Å². The minimum Gasteiger partial charge on any atom is -0.107 e. The summed E-state index contributed by atoms with van der Waals surface area (Å²) in [5.74, 6) is 0. The van der Waals surface area contributed by atoms with Gasteiger partial charge in [-0.15, -0.1) is 17.2 Å². The van der Waals surface area contributed by atoms with E-state index in [0.29, 0.717) is 5.16 Å². The highest BCUT2D eigenvalue weighted by atomic mass is 31.1. The van der Waals surface area contributed by atoms with Crippen molar-refractivity contribution in [2.45, 2.75) is 61.2 Å². The van der Waals surface area contributed by atoms with E-state index in [1.54, 1.807) is 5.56 Å². The van der Waals surface area contributed by atoms with Gasteiger partial charge in [0.25, 0.3) is 0 Å². The largest absolute Gasteiger partial charge is 0.107 e. The molecule has 2 aliphatic rings. The fourth-order valence-corrected chi connectivity index (χ4v) is 9.97. The molecule has 0 N–H and O–H groups in total. The Balaban J connectivity index is 0.000000149. The Bertz CT molecular complexity index is 1130. The van der Waals surface area contributed by atoms with Gasteiger partial charge >= 0.3 is 0 Å². The van der Waals surface area contributed by atoms with Crippen molar-refractivity contribution in [3.63, 3.8) is 0 Å². The van der Waals surface area contributed by atoms with Crippen molar-refractivity contribution in [1.29, 1.82) is 0 Å². The van der Waals surface area contributed by atoms with Gasteiger partial charge in [-0.25, -0.2) is 0 Å². The molecule has 0 saturated carbocycles. The first-order valence-electron chi connectivity index (χ1n) is 13.5. The zero-order valence-electron chi connectivity index (χ0n) is 21.3. The van der Waals surface area contributed by atoms with E-state index in [-0.39, 0.29) is 0 Å². The molecule has 4 aromatic carbocycles. The standard InChI is InChI=1S/C18H21P.C16H17P/c1-2-18(16-11-7-4-8-12-16)14-13-17(19-18)15-9-5-3-6-10-15;1-3-7-13(8-4-1)15-11-12-16(17-15)14-9-5-2-6-10-14/h3-12,17,19H,2,13-14H2,1H3;1-10,15-17H,11-12H2. The topological polar surface area (TPSA) is 0 Å². The van der Waals surface area contributed by atoms with Gasteiger partial charge in [-0.3, -0.25) is 0 Å². The molecule has 5 unspecified atom stereocenters. The van der Waals surface area contributed by atoms with Crippen LogP contribution in [0.25, 0.3) is 0 Å².